The summed E-state index contributed by atoms with van der Waals surface area (Å²) in [4.78, 5) is 0. The van der Waals surface area contributed by atoms with Gasteiger partial charge in [-0.1, -0.05) is 49.3 Å². The normalized spacial score (nSPS) is 16.8. The highest BCUT2D eigenvalue weighted by Gasteiger charge is 2.03. The van der Waals surface area contributed by atoms with Crippen molar-refractivity contribution in [3.63, 3.8) is 0 Å². The third kappa shape index (κ3) is 5.48. The molecule has 60 valence electrons. The summed E-state index contributed by atoms with van der Waals surface area (Å²) in [6.07, 6.45) is 4.44. The summed E-state index contributed by atoms with van der Waals surface area (Å²) >= 11 is 0. The summed E-state index contributed by atoms with van der Waals surface area (Å²) in [6, 6.07) is 0. The molecule has 10 heavy (non-hydrogen) atoms. The molecule has 0 aliphatic rings. The van der Waals surface area contributed by atoms with Crippen LogP contribution in [0.4, 0.5) is 0 Å². The maximum atomic E-state index is 2.22. The van der Waals surface area contributed by atoms with Crippen LogP contribution in [0.5, 0.6) is 0 Å². The van der Waals surface area contributed by atoms with Gasteiger partial charge in [-0.2, -0.15) is 0 Å². The smallest absolute Gasteiger partial charge is 0.0151 e. The van der Waals surface area contributed by atoms with Crippen molar-refractivity contribution in [3.05, 3.63) is 12.8 Å². The monoisotopic (exact) mass is 176 g/mol. The Kier molecular flexibility index (Phi) is 6.86. The Morgan fingerprint density at radius 1 is 0.900 bits per heavy atom. The zero-order valence-electron chi connectivity index (χ0n) is 7.13. The van der Waals surface area contributed by atoms with E-state index in [0.717, 1.165) is 0 Å². The van der Waals surface area contributed by atoms with Crippen molar-refractivity contribution in [3.8, 4) is 0 Å². The van der Waals surface area contributed by atoms with Crippen molar-refractivity contribution in [1.29, 1.82) is 0 Å². The molecule has 0 saturated heterocycles. The molecule has 0 rings (SSSR count). The fraction of sp³-hybridized carbons (Fsp3) is 0.750. The van der Waals surface area contributed by atoms with Crippen molar-refractivity contribution in [2.75, 3.05) is 0 Å². The molecule has 2 radical (unpaired) electrons. The van der Waals surface area contributed by atoms with E-state index in [1.54, 1.807) is 0 Å². The van der Waals surface area contributed by atoms with Crippen LogP contribution in [0.15, 0.2) is 0 Å². The molecule has 0 aromatic heterocycles. The number of hydrogen-bond donors (Lipinski definition) is 0. The van der Waals surface area contributed by atoms with Gasteiger partial charge in [0.2, 0.25) is 0 Å². The third-order valence-corrected chi connectivity index (χ3v) is 4.72. The topological polar surface area (TPSA) is 0 Å². The molecule has 0 spiro atoms. The molecule has 2 atom stereocenters. The van der Waals surface area contributed by atoms with Gasteiger partial charge in [-0.15, -0.1) is 0 Å². The van der Waals surface area contributed by atoms with Crippen molar-refractivity contribution >= 4 is 21.6 Å². The maximum Gasteiger partial charge on any atom is 0.0151 e. The number of hydrogen-bond acceptors (Lipinski definition) is 2. The first-order chi connectivity index (χ1) is 4.70. The van der Waals surface area contributed by atoms with Crippen molar-refractivity contribution in [2.45, 2.75) is 38.2 Å². The van der Waals surface area contributed by atoms with Gasteiger partial charge in [-0.25, -0.2) is 0 Å². The first kappa shape index (κ1) is 10.7. The van der Waals surface area contributed by atoms with Gasteiger partial charge in [0, 0.05) is 10.5 Å². The largest absolute Gasteiger partial charge is 0.0904 e. The molecule has 0 aromatic rings. The zero-order chi connectivity index (χ0) is 7.98. The average Bonchev–Trinajstić information content (AvgIpc) is 1.99. The first-order valence-electron chi connectivity index (χ1n) is 3.61. The first-order valence-corrected chi connectivity index (χ1v) is 5.89. The predicted octanol–water partition coefficient (Wildman–Crippen LogP) is 3.59. The minimum absolute atomic E-state index is 0.674. The van der Waals surface area contributed by atoms with Gasteiger partial charge in [0.1, 0.15) is 0 Å². The summed E-state index contributed by atoms with van der Waals surface area (Å²) in [5.74, 6) is 0. The van der Waals surface area contributed by atoms with E-state index in [2.05, 4.69) is 40.5 Å². The highest BCUT2D eigenvalue weighted by Crippen LogP contribution is 2.32. The lowest BCUT2D eigenvalue weighted by Gasteiger charge is -2.10. The molecule has 0 aromatic carbocycles. The molecule has 0 heterocycles. The Morgan fingerprint density at radius 3 is 1.40 bits per heavy atom. The molecule has 0 N–H and O–H groups in total. The zero-order valence-corrected chi connectivity index (χ0v) is 8.76. The average molecular weight is 176 g/mol. The van der Waals surface area contributed by atoms with E-state index in [1.807, 2.05) is 21.6 Å². The van der Waals surface area contributed by atoms with Crippen LogP contribution in [0.1, 0.15) is 27.7 Å². The lowest BCUT2D eigenvalue weighted by Crippen LogP contribution is -1.95. The van der Waals surface area contributed by atoms with E-state index in [9.17, 15) is 0 Å². The van der Waals surface area contributed by atoms with Crippen LogP contribution in [0, 0.1) is 12.8 Å². The van der Waals surface area contributed by atoms with E-state index >= 15 is 0 Å². The second kappa shape index (κ2) is 6.41. The van der Waals surface area contributed by atoms with Gasteiger partial charge in [0.05, 0.1) is 0 Å². The molecular formula is C8H16S2. The van der Waals surface area contributed by atoms with Gasteiger partial charge in [0.25, 0.3) is 0 Å². The Balaban J connectivity index is 3.17. The molecule has 2 unspecified atom stereocenters. The molecular weight excluding hydrogens is 160 g/mol. The van der Waals surface area contributed by atoms with Crippen LogP contribution < -0.4 is 0 Å². The van der Waals surface area contributed by atoms with Gasteiger partial charge >= 0.3 is 0 Å². The van der Waals surface area contributed by atoms with Gasteiger partial charge < -0.3 is 0 Å². The lowest BCUT2D eigenvalue weighted by molar-refractivity contribution is 1.12. The van der Waals surface area contributed by atoms with Crippen LogP contribution in [-0.4, -0.2) is 10.5 Å². The minimum atomic E-state index is 0.674. The van der Waals surface area contributed by atoms with Gasteiger partial charge in [-0.05, 0) is 12.8 Å². The quantitative estimate of drug-likeness (QED) is 0.587. The van der Waals surface area contributed by atoms with E-state index < -0.39 is 0 Å². The van der Waals surface area contributed by atoms with E-state index in [4.69, 9.17) is 0 Å². The van der Waals surface area contributed by atoms with Crippen LogP contribution in [0.2, 0.25) is 0 Å². The molecule has 0 bridgehead atoms. The van der Waals surface area contributed by atoms with Crippen LogP contribution in [0.3, 0.4) is 0 Å². The third-order valence-electron chi connectivity index (χ3n) is 1.30. The maximum absolute atomic E-state index is 2.22. The standard InChI is InChI=1S/C8H16S2/c1-5-7(3)9-10-8(4)6-2/h5-8H,1-4H3. The Bertz CT molecular complexity index is 63.7. The molecule has 2 heteroatoms. The molecule has 0 fully saturated rings. The lowest BCUT2D eigenvalue weighted by atomic mass is 10.4. The van der Waals surface area contributed by atoms with E-state index in [1.165, 1.54) is 0 Å². The summed E-state index contributed by atoms with van der Waals surface area (Å²) in [5, 5.41) is 1.35. The highest BCUT2D eigenvalue weighted by atomic mass is 33.1. The Hall–Kier alpha value is 0.700. The Labute approximate surface area is 72.9 Å². The van der Waals surface area contributed by atoms with Crippen LogP contribution in [0.25, 0.3) is 0 Å². The molecule has 0 nitrogen and oxygen atoms in total. The van der Waals surface area contributed by atoms with Crippen LogP contribution in [-0.2, 0) is 0 Å². The Morgan fingerprint density at radius 2 is 1.20 bits per heavy atom. The van der Waals surface area contributed by atoms with Gasteiger partial charge in [0.15, 0.2) is 0 Å². The second-order valence-electron chi connectivity index (χ2n) is 2.27. The summed E-state index contributed by atoms with van der Waals surface area (Å²) in [6.45, 7) is 8.66. The highest BCUT2D eigenvalue weighted by molar-refractivity contribution is 8.77. The summed E-state index contributed by atoms with van der Waals surface area (Å²) in [5.41, 5.74) is 0. The van der Waals surface area contributed by atoms with Crippen molar-refractivity contribution in [1.82, 2.24) is 0 Å². The molecule has 0 amide bonds. The summed E-state index contributed by atoms with van der Waals surface area (Å²) in [7, 11) is 3.88. The van der Waals surface area contributed by atoms with E-state index in [-0.39, 0.29) is 0 Å². The van der Waals surface area contributed by atoms with Crippen molar-refractivity contribution in [2.24, 2.45) is 0 Å². The second-order valence-corrected chi connectivity index (χ2v) is 5.30. The van der Waals surface area contributed by atoms with Crippen LogP contribution >= 0.6 is 21.6 Å². The number of rotatable bonds is 5. The molecule has 0 aliphatic carbocycles. The van der Waals surface area contributed by atoms with Crippen molar-refractivity contribution < 1.29 is 0 Å². The molecule has 0 aliphatic heterocycles. The molecule has 0 saturated carbocycles. The predicted molar refractivity (Wildman–Crippen MR) is 54.1 cm³/mol. The van der Waals surface area contributed by atoms with E-state index in [0.29, 0.717) is 10.5 Å². The fourth-order valence-corrected chi connectivity index (χ4v) is 2.58. The summed E-state index contributed by atoms with van der Waals surface area (Å²) < 4.78 is 0. The fourth-order valence-electron chi connectivity index (χ4n) is 0.286. The van der Waals surface area contributed by atoms with Gasteiger partial charge in [-0.3, -0.25) is 0 Å². The minimum Gasteiger partial charge on any atom is -0.0904 e. The SMILES string of the molecule is C[CH]C(C)SSC(C)[CH]C.